The Morgan fingerprint density at radius 2 is 1.41 bits per heavy atom. The lowest BCUT2D eigenvalue weighted by molar-refractivity contribution is -0.135. The second kappa shape index (κ2) is 11.5. The second-order valence-electron chi connectivity index (χ2n) is 6.64. The molecular weight excluding hydrogens is 276 g/mol. The fourth-order valence-corrected chi connectivity index (χ4v) is 2.66. The van der Waals surface area contributed by atoms with Gasteiger partial charge in [0.15, 0.2) is 0 Å². The zero-order valence-corrected chi connectivity index (χ0v) is 15.5. The molecular formula is C18H36N2O2. The van der Waals surface area contributed by atoms with Crippen LogP contribution in [0.2, 0.25) is 0 Å². The number of carbonyl (C=O) groups is 2. The first-order chi connectivity index (χ1) is 10.3. The molecule has 0 aromatic rings. The van der Waals surface area contributed by atoms with Crippen LogP contribution in [0.25, 0.3) is 0 Å². The Morgan fingerprint density at radius 1 is 0.864 bits per heavy atom. The average Bonchev–Trinajstić information content (AvgIpc) is 2.49. The van der Waals surface area contributed by atoms with Gasteiger partial charge in [0.05, 0.1) is 0 Å². The lowest BCUT2D eigenvalue weighted by Crippen LogP contribution is -2.36. The molecule has 0 bridgehead atoms. The van der Waals surface area contributed by atoms with Crippen LogP contribution in [-0.4, -0.2) is 48.3 Å². The standard InChI is InChI=1S/C18H36N2O2/c1-7-12-20(13-8-2)18(22)16(5)11-9-10-14-19(6)17(21)15(3)4/h15-16H,7-14H2,1-6H3. The number of unbranched alkanes of at least 4 members (excludes halogenated alkanes) is 1. The predicted octanol–water partition coefficient (Wildman–Crippen LogP) is 3.56. The molecule has 0 aromatic carbocycles. The van der Waals surface area contributed by atoms with Crippen LogP contribution in [0, 0.1) is 11.8 Å². The van der Waals surface area contributed by atoms with Crippen molar-refractivity contribution in [1.82, 2.24) is 9.80 Å². The molecule has 0 spiro atoms. The van der Waals surface area contributed by atoms with E-state index in [-0.39, 0.29) is 23.7 Å². The van der Waals surface area contributed by atoms with E-state index in [0.717, 1.165) is 51.7 Å². The van der Waals surface area contributed by atoms with Crippen molar-refractivity contribution in [2.75, 3.05) is 26.7 Å². The van der Waals surface area contributed by atoms with E-state index in [9.17, 15) is 9.59 Å². The van der Waals surface area contributed by atoms with Gasteiger partial charge < -0.3 is 9.80 Å². The fourth-order valence-electron chi connectivity index (χ4n) is 2.66. The van der Waals surface area contributed by atoms with Crippen LogP contribution in [0.3, 0.4) is 0 Å². The van der Waals surface area contributed by atoms with Gasteiger partial charge in [-0.3, -0.25) is 9.59 Å². The Balaban J connectivity index is 4.09. The Hall–Kier alpha value is -1.06. The molecule has 0 rings (SSSR count). The molecule has 1 atom stereocenters. The molecule has 0 saturated carbocycles. The van der Waals surface area contributed by atoms with Crippen LogP contribution in [-0.2, 0) is 9.59 Å². The molecule has 0 radical (unpaired) electrons. The van der Waals surface area contributed by atoms with Gasteiger partial charge in [-0.2, -0.15) is 0 Å². The van der Waals surface area contributed by atoms with Crippen LogP contribution < -0.4 is 0 Å². The molecule has 0 aliphatic rings. The van der Waals surface area contributed by atoms with E-state index in [4.69, 9.17) is 0 Å². The molecule has 22 heavy (non-hydrogen) atoms. The van der Waals surface area contributed by atoms with Gasteiger partial charge in [-0.05, 0) is 25.7 Å². The quantitative estimate of drug-likeness (QED) is 0.547. The van der Waals surface area contributed by atoms with E-state index in [1.165, 1.54) is 0 Å². The first kappa shape index (κ1) is 20.9. The van der Waals surface area contributed by atoms with Crippen molar-refractivity contribution in [3.05, 3.63) is 0 Å². The van der Waals surface area contributed by atoms with Gasteiger partial charge in [0.1, 0.15) is 0 Å². The summed E-state index contributed by atoms with van der Waals surface area (Å²) in [5.74, 6) is 0.628. The van der Waals surface area contributed by atoms with Gasteiger partial charge in [-0.1, -0.05) is 41.0 Å². The third-order valence-electron chi connectivity index (χ3n) is 3.97. The lowest BCUT2D eigenvalue weighted by atomic mass is 10.0. The summed E-state index contributed by atoms with van der Waals surface area (Å²) in [6, 6.07) is 0. The van der Waals surface area contributed by atoms with E-state index >= 15 is 0 Å². The molecule has 4 heteroatoms. The van der Waals surface area contributed by atoms with E-state index < -0.39 is 0 Å². The molecule has 0 N–H and O–H groups in total. The summed E-state index contributed by atoms with van der Waals surface area (Å²) in [4.78, 5) is 28.0. The highest BCUT2D eigenvalue weighted by Crippen LogP contribution is 2.13. The maximum atomic E-state index is 12.4. The third-order valence-corrected chi connectivity index (χ3v) is 3.97. The van der Waals surface area contributed by atoms with Crippen LogP contribution in [0.5, 0.6) is 0 Å². The van der Waals surface area contributed by atoms with E-state index in [0.29, 0.717) is 0 Å². The molecule has 1 unspecified atom stereocenters. The van der Waals surface area contributed by atoms with Crippen molar-refractivity contribution in [1.29, 1.82) is 0 Å². The maximum Gasteiger partial charge on any atom is 0.225 e. The number of hydrogen-bond acceptors (Lipinski definition) is 2. The number of amides is 2. The minimum absolute atomic E-state index is 0.0575. The van der Waals surface area contributed by atoms with Gasteiger partial charge in [0.25, 0.3) is 0 Å². The van der Waals surface area contributed by atoms with Crippen LogP contribution in [0.15, 0.2) is 0 Å². The molecule has 0 saturated heterocycles. The predicted molar refractivity (Wildman–Crippen MR) is 92.7 cm³/mol. The van der Waals surface area contributed by atoms with Crippen molar-refractivity contribution in [3.8, 4) is 0 Å². The van der Waals surface area contributed by atoms with Crippen LogP contribution in [0.4, 0.5) is 0 Å². The van der Waals surface area contributed by atoms with Crippen molar-refractivity contribution < 1.29 is 9.59 Å². The minimum Gasteiger partial charge on any atom is -0.346 e. The van der Waals surface area contributed by atoms with E-state index in [1.807, 2.05) is 32.7 Å². The number of rotatable bonds is 11. The van der Waals surface area contributed by atoms with Crippen molar-refractivity contribution in [2.24, 2.45) is 11.8 Å². The van der Waals surface area contributed by atoms with E-state index in [1.54, 1.807) is 4.90 Å². The van der Waals surface area contributed by atoms with Gasteiger partial charge in [-0.15, -0.1) is 0 Å². The molecule has 130 valence electrons. The largest absolute Gasteiger partial charge is 0.346 e. The first-order valence-electron chi connectivity index (χ1n) is 8.88. The molecule has 0 aliphatic carbocycles. The molecule has 0 aliphatic heterocycles. The summed E-state index contributed by atoms with van der Waals surface area (Å²) in [7, 11) is 1.86. The molecule has 0 aromatic heterocycles. The number of nitrogens with zero attached hydrogens (tertiary/aromatic N) is 2. The Bertz CT molecular complexity index is 323. The highest BCUT2D eigenvalue weighted by molar-refractivity contribution is 5.78. The maximum absolute atomic E-state index is 12.4. The zero-order chi connectivity index (χ0) is 17.1. The molecule has 4 nitrogen and oxygen atoms in total. The normalized spacial score (nSPS) is 12.3. The molecule has 0 heterocycles. The number of hydrogen-bond donors (Lipinski definition) is 0. The van der Waals surface area contributed by atoms with E-state index in [2.05, 4.69) is 13.8 Å². The van der Waals surface area contributed by atoms with Gasteiger partial charge in [0.2, 0.25) is 11.8 Å². The topological polar surface area (TPSA) is 40.6 Å². The Labute approximate surface area is 137 Å². The molecule has 2 amide bonds. The van der Waals surface area contributed by atoms with Crippen molar-refractivity contribution in [2.45, 2.75) is 66.7 Å². The van der Waals surface area contributed by atoms with Gasteiger partial charge in [-0.25, -0.2) is 0 Å². The first-order valence-corrected chi connectivity index (χ1v) is 8.88. The summed E-state index contributed by atoms with van der Waals surface area (Å²) in [6.45, 7) is 12.6. The van der Waals surface area contributed by atoms with Crippen LogP contribution >= 0.6 is 0 Å². The minimum atomic E-state index is 0.0575. The highest BCUT2D eigenvalue weighted by atomic mass is 16.2. The number of carbonyl (C=O) groups excluding carboxylic acids is 2. The van der Waals surface area contributed by atoms with Crippen LogP contribution in [0.1, 0.15) is 66.7 Å². The Morgan fingerprint density at radius 3 is 1.86 bits per heavy atom. The third kappa shape index (κ3) is 7.81. The van der Waals surface area contributed by atoms with Gasteiger partial charge >= 0.3 is 0 Å². The second-order valence-corrected chi connectivity index (χ2v) is 6.64. The monoisotopic (exact) mass is 312 g/mol. The molecule has 0 fully saturated rings. The average molecular weight is 312 g/mol. The van der Waals surface area contributed by atoms with Crippen molar-refractivity contribution >= 4 is 11.8 Å². The van der Waals surface area contributed by atoms with Gasteiger partial charge in [0, 0.05) is 38.5 Å². The summed E-state index contributed by atoms with van der Waals surface area (Å²) in [6.07, 6.45) is 4.90. The smallest absolute Gasteiger partial charge is 0.225 e. The summed E-state index contributed by atoms with van der Waals surface area (Å²) >= 11 is 0. The fraction of sp³-hybridized carbons (Fsp3) is 0.889. The lowest BCUT2D eigenvalue weighted by Gasteiger charge is -2.25. The summed E-state index contributed by atoms with van der Waals surface area (Å²) < 4.78 is 0. The summed E-state index contributed by atoms with van der Waals surface area (Å²) in [5.41, 5.74) is 0. The summed E-state index contributed by atoms with van der Waals surface area (Å²) in [5, 5.41) is 0. The SMILES string of the molecule is CCCN(CCC)C(=O)C(C)CCCCN(C)C(=O)C(C)C. The Kier molecular flexibility index (Phi) is 10.9. The zero-order valence-electron chi connectivity index (χ0n) is 15.5. The highest BCUT2D eigenvalue weighted by Gasteiger charge is 2.19. The van der Waals surface area contributed by atoms with Crippen molar-refractivity contribution in [3.63, 3.8) is 0 Å².